The van der Waals surface area contributed by atoms with Crippen molar-refractivity contribution >= 4 is 31.1 Å². The molecule has 43 heavy (non-hydrogen) atoms. The minimum absolute atomic E-state index is 0.0236. The van der Waals surface area contributed by atoms with Gasteiger partial charge in [-0.15, -0.1) is 0 Å². The van der Waals surface area contributed by atoms with E-state index in [1.165, 1.54) is 54.9 Å². The Bertz CT molecular complexity index is 2100. The van der Waals surface area contributed by atoms with Crippen LogP contribution in [-0.4, -0.2) is 42.7 Å². The van der Waals surface area contributed by atoms with E-state index in [1.54, 1.807) is 51.1 Å². The van der Waals surface area contributed by atoms with E-state index in [9.17, 15) is 25.6 Å². The Labute approximate surface area is 250 Å². The largest absolute Gasteiger partial charge is 0.269 e. The third kappa shape index (κ3) is 5.48. The van der Waals surface area contributed by atoms with Crippen molar-refractivity contribution in [3.63, 3.8) is 0 Å². The molecule has 224 valence electrons. The van der Waals surface area contributed by atoms with Crippen LogP contribution in [0.5, 0.6) is 0 Å². The molecule has 0 saturated carbocycles. The van der Waals surface area contributed by atoms with Crippen LogP contribution in [0.4, 0.5) is 8.78 Å². The van der Waals surface area contributed by atoms with Crippen molar-refractivity contribution in [1.29, 1.82) is 0 Å². The zero-order valence-electron chi connectivity index (χ0n) is 24.6. The maximum Gasteiger partial charge on any atom is 0.269 e. The lowest BCUT2D eigenvalue weighted by Crippen LogP contribution is -2.42. The van der Waals surface area contributed by atoms with E-state index in [-0.39, 0.29) is 32.1 Å². The smallest absolute Gasteiger partial charge is 0.237 e. The quantitative estimate of drug-likeness (QED) is 0.205. The van der Waals surface area contributed by atoms with Crippen LogP contribution in [0.2, 0.25) is 0 Å². The number of nitrogens with zero attached hydrogens (tertiary/aromatic N) is 3. The number of halogens is 2. The fraction of sp³-hybridized carbons (Fsp3) is 0.219. The van der Waals surface area contributed by atoms with Crippen molar-refractivity contribution in [2.24, 2.45) is 0 Å². The van der Waals surface area contributed by atoms with Crippen LogP contribution in [0, 0.1) is 25.5 Å². The number of sulfonamides is 1. The van der Waals surface area contributed by atoms with Gasteiger partial charge in [0.2, 0.25) is 10.0 Å². The lowest BCUT2D eigenvalue weighted by atomic mass is 9.98. The molecule has 7 nitrogen and oxygen atoms in total. The second-order valence-corrected chi connectivity index (χ2v) is 15.3. The van der Waals surface area contributed by atoms with Crippen molar-refractivity contribution in [1.82, 2.24) is 13.3 Å². The molecule has 0 saturated heterocycles. The number of fused-ring (bicyclic) bond motifs is 1. The third-order valence-electron chi connectivity index (χ3n) is 7.56. The Morgan fingerprint density at radius 2 is 1.49 bits per heavy atom. The van der Waals surface area contributed by atoms with Gasteiger partial charge in [0.15, 0.2) is 5.65 Å². The predicted molar refractivity (Wildman–Crippen MR) is 164 cm³/mol. The first-order valence-corrected chi connectivity index (χ1v) is 16.3. The number of aryl methyl sites for hydroxylation is 1. The van der Waals surface area contributed by atoms with Crippen LogP contribution in [0.25, 0.3) is 33.3 Å². The van der Waals surface area contributed by atoms with Crippen LogP contribution in [0.1, 0.15) is 31.9 Å². The first-order valence-electron chi connectivity index (χ1n) is 13.4. The molecule has 11 heteroatoms. The van der Waals surface area contributed by atoms with Crippen molar-refractivity contribution in [2.75, 3.05) is 7.05 Å². The lowest BCUT2D eigenvalue weighted by Gasteiger charge is -2.31. The van der Waals surface area contributed by atoms with Gasteiger partial charge in [-0.1, -0.05) is 29.8 Å². The summed E-state index contributed by atoms with van der Waals surface area (Å²) in [5, 5.41) is 0.321. The molecule has 5 aromatic rings. The Morgan fingerprint density at radius 3 is 2.14 bits per heavy atom. The molecule has 0 aliphatic rings. The van der Waals surface area contributed by atoms with Crippen LogP contribution >= 0.6 is 0 Å². The number of hydrogen-bond acceptors (Lipinski definition) is 5. The number of rotatable bonds is 6. The standard InChI is InChI=1S/C32H31F2N3O4S2/c1-20-10-12-25(13-11-20)43(40,41)37-19-29(27-16-24(33)17-30(34)21(27)2)28-15-23(18-35-31(28)37)22-8-7-9-26(14-22)42(38,39)36(6)32(3,4)5/h7-19H,1-6H3. The van der Waals surface area contributed by atoms with E-state index in [0.717, 1.165) is 21.7 Å². The fourth-order valence-corrected chi connectivity index (χ4v) is 7.63. The molecule has 0 N–H and O–H groups in total. The molecule has 0 radical (unpaired) electrons. The molecule has 0 fully saturated rings. The average molecular weight is 624 g/mol. The Balaban J connectivity index is 1.75. The summed E-state index contributed by atoms with van der Waals surface area (Å²) in [6, 6.07) is 16.2. The summed E-state index contributed by atoms with van der Waals surface area (Å²) >= 11 is 0. The highest BCUT2D eigenvalue weighted by atomic mass is 32.2. The van der Waals surface area contributed by atoms with Gasteiger partial charge in [0, 0.05) is 47.6 Å². The van der Waals surface area contributed by atoms with Crippen molar-refractivity contribution in [3.8, 4) is 22.3 Å². The molecule has 2 heterocycles. The first kappa shape index (κ1) is 30.5. The summed E-state index contributed by atoms with van der Waals surface area (Å²) in [4.78, 5) is 4.59. The van der Waals surface area contributed by atoms with E-state index in [2.05, 4.69) is 4.98 Å². The van der Waals surface area contributed by atoms with Crippen molar-refractivity contribution in [2.45, 2.75) is 49.9 Å². The van der Waals surface area contributed by atoms with Gasteiger partial charge in [0.1, 0.15) is 11.6 Å². The summed E-state index contributed by atoms with van der Waals surface area (Å²) in [7, 11) is -6.47. The maximum atomic E-state index is 14.7. The summed E-state index contributed by atoms with van der Waals surface area (Å²) in [5.74, 6) is -1.59. The topological polar surface area (TPSA) is 89.3 Å². The molecule has 5 rings (SSSR count). The summed E-state index contributed by atoms with van der Waals surface area (Å²) in [6.45, 7) is 8.70. The lowest BCUT2D eigenvalue weighted by molar-refractivity contribution is 0.292. The Kier molecular flexibility index (Phi) is 7.56. The van der Waals surface area contributed by atoms with Crippen LogP contribution < -0.4 is 0 Å². The maximum absolute atomic E-state index is 14.7. The van der Waals surface area contributed by atoms with E-state index in [4.69, 9.17) is 0 Å². The van der Waals surface area contributed by atoms with E-state index < -0.39 is 37.2 Å². The van der Waals surface area contributed by atoms with Crippen LogP contribution in [0.3, 0.4) is 0 Å². The van der Waals surface area contributed by atoms with Crippen LogP contribution in [0.15, 0.2) is 88.9 Å². The highest BCUT2D eigenvalue weighted by Crippen LogP contribution is 2.37. The molecule has 0 aliphatic carbocycles. The van der Waals surface area contributed by atoms with Gasteiger partial charge in [-0.25, -0.2) is 34.6 Å². The molecule has 0 atom stereocenters. The second-order valence-electron chi connectivity index (χ2n) is 11.5. The molecule has 0 bridgehead atoms. The average Bonchev–Trinajstić information content (AvgIpc) is 3.34. The zero-order valence-corrected chi connectivity index (χ0v) is 26.2. The van der Waals surface area contributed by atoms with Crippen molar-refractivity contribution < 1.29 is 25.6 Å². The number of benzene rings is 3. The van der Waals surface area contributed by atoms with Gasteiger partial charge in [0.25, 0.3) is 10.0 Å². The van der Waals surface area contributed by atoms with Gasteiger partial charge in [-0.2, -0.15) is 4.31 Å². The molecule has 3 aromatic carbocycles. The Morgan fingerprint density at radius 1 is 0.814 bits per heavy atom. The molecule has 0 spiro atoms. The molecular formula is C32H31F2N3O4S2. The number of pyridine rings is 1. The van der Waals surface area contributed by atoms with Crippen molar-refractivity contribution in [3.05, 3.63) is 102 Å². The van der Waals surface area contributed by atoms with E-state index in [1.807, 2.05) is 6.92 Å². The first-order chi connectivity index (χ1) is 20.0. The monoisotopic (exact) mass is 623 g/mol. The summed E-state index contributed by atoms with van der Waals surface area (Å²) in [6.07, 6.45) is 2.77. The van der Waals surface area contributed by atoms with Gasteiger partial charge in [-0.05, 0) is 87.7 Å². The van der Waals surface area contributed by atoms with Gasteiger partial charge < -0.3 is 0 Å². The minimum Gasteiger partial charge on any atom is -0.237 e. The third-order valence-corrected chi connectivity index (χ3v) is 11.3. The van der Waals surface area contributed by atoms with Crippen LogP contribution in [-0.2, 0) is 20.0 Å². The van der Waals surface area contributed by atoms with E-state index >= 15 is 0 Å². The number of aromatic nitrogens is 2. The second kappa shape index (κ2) is 10.7. The SMILES string of the molecule is Cc1ccc(S(=O)(=O)n2cc(-c3cc(F)cc(F)c3C)c3cc(-c4cccc(S(=O)(=O)N(C)C(C)(C)C)c4)cnc32)cc1. The zero-order chi connectivity index (χ0) is 31.5. The Hall–Kier alpha value is -3.93. The van der Waals surface area contributed by atoms with Gasteiger partial charge in [-0.3, -0.25) is 0 Å². The molecule has 2 aromatic heterocycles. The number of hydrogen-bond donors (Lipinski definition) is 0. The van der Waals surface area contributed by atoms with Gasteiger partial charge >= 0.3 is 0 Å². The molecule has 0 amide bonds. The normalized spacial score (nSPS) is 12.8. The highest BCUT2D eigenvalue weighted by Gasteiger charge is 2.31. The predicted octanol–water partition coefficient (Wildman–Crippen LogP) is 6.92. The molecule has 0 unspecified atom stereocenters. The molecular weight excluding hydrogens is 592 g/mol. The molecule has 0 aliphatic heterocycles. The van der Waals surface area contributed by atoms with Gasteiger partial charge in [0.05, 0.1) is 9.79 Å². The fourth-order valence-electron chi connectivity index (χ4n) is 4.74. The summed E-state index contributed by atoms with van der Waals surface area (Å²) in [5.41, 5.74) is 1.84. The highest BCUT2D eigenvalue weighted by molar-refractivity contribution is 7.90. The van der Waals surface area contributed by atoms with E-state index in [0.29, 0.717) is 16.5 Å². The summed E-state index contributed by atoms with van der Waals surface area (Å²) < 4.78 is 85.7. The minimum atomic E-state index is -4.15.